The van der Waals surface area contributed by atoms with Gasteiger partial charge in [0.15, 0.2) is 11.6 Å². The van der Waals surface area contributed by atoms with Gasteiger partial charge in [-0.25, -0.2) is 13.6 Å². The molecule has 4 aromatic carbocycles. The number of halogens is 2. The molecular formula is C28H21F2N3O2. The molecule has 0 fully saturated rings. The molecule has 0 radical (unpaired) electrons. The Hall–Kier alpha value is -4.52. The van der Waals surface area contributed by atoms with Crippen molar-refractivity contribution in [2.45, 2.75) is 13.8 Å². The molecule has 1 aromatic heterocycles. The van der Waals surface area contributed by atoms with E-state index in [0.717, 1.165) is 21.8 Å². The molecule has 0 aliphatic heterocycles. The Morgan fingerprint density at radius 3 is 2.43 bits per heavy atom. The van der Waals surface area contributed by atoms with Crippen LogP contribution >= 0.6 is 0 Å². The molecule has 0 spiro atoms. The number of anilines is 1. The van der Waals surface area contributed by atoms with Crippen molar-refractivity contribution in [3.63, 3.8) is 0 Å². The van der Waals surface area contributed by atoms with Crippen LogP contribution in [0.2, 0.25) is 0 Å². The maximum atomic E-state index is 14.5. The lowest BCUT2D eigenvalue weighted by molar-refractivity contribution is 0.102. The number of fused-ring (bicyclic) bond motifs is 1. The number of H-pyrrole nitrogens is 1. The van der Waals surface area contributed by atoms with Crippen molar-refractivity contribution in [2.75, 3.05) is 5.32 Å². The molecule has 5 rings (SSSR count). The first kappa shape index (κ1) is 22.3. The number of aromatic nitrogens is 2. The summed E-state index contributed by atoms with van der Waals surface area (Å²) < 4.78 is 29.4. The van der Waals surface area contributed by atoms with Crippen molar-refractivity contribution in [3.05, 3.63) is 118 Å². The number of rotatable bonds is 4. The Bertz CT molecular complexity index is 1650. The van der Waals surface area contributed by atoms with Crippen molar-refractivity contribution in [2.24, 2.45) is 0 Å². The smallest absolute Gasteiger partial charge is 0.322 e. The van der Waals surface area contributed by atoms with E-state index in [9.17, 15) is 18.4 Å². The van der Waals surface area contributed by atoms with E-state index in [1.165, 1.54) is 12.1 Å². The van der Waals surface area contributed by atoms with E-state index in [2.05, 4.69) is 10.3 Å². The molecule has 0 saturated heterocycles. The largest absolute Gasteiger partial charge is 0.331 e. The standard InChI is InChI=1S/C28H21F2N3O2/c1-16-9-13-19(14-10-16)31-27(34)21-15-18(12-11-17(21)2)20-5-3-8-24-26(20)32-28(35)33(24)23-7-4-6-22(29)25(23)30/h3-15H,1-2H3,(H,31,34)(H,32,35). The number of aromatic amines is 1. The first-order chi connectivity index (χ1) is 16.8. The van der Waals surface area contributed by atoms with E-state index >= 15 is 0 Å². The van der Waals surface area contributed by atoms with E-state index < -0.39 is 17.3 Å². The van der Waals surface area contributed by atoms with E-state index in [4.69, 9.17) is 0 Å². The number of imidazole rings is 1. The highest BCUT2D eigenvalue weighted by Crippen LogP contribution is 2.30. The van der Waals surface area contributed by atoms with E-state index in [-0.39, 0.29) is 11.6 Å². The highest BCUT2D eigenvalue weighted by molar-refractivity contribution is 6.06. The van der Waals surface area contributed by atoms with Crippen LogP contribution in [0.3, 0.4) is 0 Å². The molecule has 35 heavy (non-hydrogen) atoms. The third-order valence-corrected chi connectivity index (χ3v) is 5.99. The Morgan fingerprint density at radius 2 is 1.66 bits per heavy atom. The van der Waals surface area contributed by atoms with Gasteiger partial charge in [0.2, 0.25) is 0 Å². The average molecular weight is 469 g/mol. The van der Waals surface area contributed by atoms with Crippen molar-refractivity contribution in [1.29, 1.82) is 0 Å². The summed E-state index contributed by atoms with van der Waals surface area (Å²) in [5, 5.41) is 2.91. The number of aryl methyl sites for hydroxylation is 2. The van der Waals surface area contributed by atoms with Gasteiger partial charge in [0.1, 0.15) is 0 Å². The zero-order valence-electron chi connectivity index (χ0n) is 19.0. The van der Waals surface area contributed by atoms with Crippen LogP contribution in [0.5, 0.6) is 0 Å². The van der Waals surface area contributed by atoms with Gasteiger partial charge in [-0.3, -0.25) is 9.36 Å². The Labute approximate surface area is 199 Å². The van der Waals surface area contributed by atoms with Crippen LogP contribution in [0.15, 0.2) is 83.7 Å². The van der Waals surface area contributed by atoms with Crippen LogP contribution in [-0.4, -0.2) is 15.5 Å². The van der Waals surface area contributed by atoms with Gasteiger partial charge in [-0.05, 0) is 61.4 Å². The minimum Gasteiger partial charge on any atom is -0.322 e. The molecule has 1 amide bonds. The number of hydrogen-bond donors (Lipinski definition) is 2. The number of carbonyl (C=O) groups is 1. The Kier molecular flexibility index (Phi) is 5.53. The predicted octanol–water partition coefficient (Wildman–Crippen LogP) is 6.13. The maximum Gasteiger partial charge on any atom is 0.331 e. The van der Waals surface area contributed by atoms with Crippen molar-refractivity contribution in [1.82, 2.24) is 9.55 Å². The summed E-state index contributed by atoms with van der Waals surface area (Å²) in [6.45, 7) is 3.82. The second-order valence-corrected chi connectivity index (χ2v) is 8.39. The number of benzene rings is 4. The van der Waals surface area contributed by atoms with Crippen LogP contribution in [0, 0.1) is 25.5 Å². The molecule has 0 aliphatic rings. The molecule has 0 bridgehead atoms. The summed E-state index contributed by atoms with van der Waals surface area (Å²) in [6, 6.07) is 21.8. The SMILES string of the molecule is Cc1ccc(NC(=O)c2cc(-c3cccc4c3[nH]c(=O)n4-c3cccc(F)c3F)ccc2C)cc1. The predicted molar refractivity (Wildman–Crippen MR) is 133 cm³/mol. The number of para-hydroxylation sites is 1. The van der Waals surface area contributed by atoms with Crippen LogP contribution in [0.1, 0.15) is 21.5 Å². The summed E-state index contributed by atoms with van der Waals surface area (Å²) in [6.07, 6.45) is 0. The van der Waals surface area contributed by atoms with Gasteiger partial charge in [-0.15, -0.1) is 0 Å². The zero-order valence-corrected chi connectivity index (χ0v) is 19.0. The Balaban J connectivity index is 1.60. The van der Waals surface area contributed by atoms with Crippen molar-refractivity contribution in [3.8, 4) is 16.8 Å². The average Bonchev–Trinajstić information content (AvgIpc) is 3.18. The van der Waals surface area contributed by atoms with Gasteiger partial charge >= 0.3 is 5.69 Å². The van der Waals surface area contributed by atoms with Crippen LogP contribution < -0.4 is 11.0 Å². The van der Waals surface area contributed by atoms with E-state index in [0.29, 0.717) is 33.4 Å². The lowest BCUT2D eigenvalue weighted by Crippen LogP contribution is -2.16. The first-order valence-corrected chi connectivity index (χ1v) is 11.0. The molecule has 5 aromatic rings. The molecule has 0 aliphatic carbocycles. The molecule has 174 valence electrons. The first-order valence-electron chi connectivity index (χ1n) is 11.0. The highest BCUT2D eigenvalue weighted by atomic mass is 19.2. The summed E-state index contributed by atoms with van der Waals surface area (Å²) in [5.41, 5.74) is 4.47. The highest BCUT2D eigenvalue weighted by Gasteiger charge is 2.18. The number of nitrogens with one attached hydrogen (secondary N) is 2. The van der Waals surface area contributed by atoms with Gasteiger partial charge in [-0.1, -0.05) is 48.0 Å². The molecular weight excluding hydrogens is 448 g/mol. The number of carbonyl (C=O) groups excluding carboxylic acids is 1. The van der Waals surface area contributed by atoms with Crippen molar-refractivity contribution < 1.29 is 13.6 Å². The summed E-state index contributed by atoms with van der Waals surface area (Å²) >= 11 is 0. The lowest BCUT2D eigenvalue weighted by atomic mass is 9.98. The lowest BCUT2D eigenvalue weighted by Gasteiger charge is -2.11. The summed E-state index contributed by atoms with van der Waals surface area (Å²) in [7, 11) is 0. The van der Waals surface area contributed by atoms with Gasteiger partial charge in [0, 0.05) is 16.8 Å². The molecule has 1 heterocycles. The maximum absolute atomic E-state index is 14.5. The second kappa shape index (κ2) is 8.68. The van der Waals surface area contributed by atoms with Crippen molar-refractivity contribution >= 4 is 22.6 Å². The van der Waals surface area contributed by atoms with E-state index in [1.54, 1.807) is 24.3 Å². The molecule has 0 atom stereocenters. The summed E-state index contributed by atoms with van der Waals surface area (Å²) in [4.78, 5) is 28.6. The third-order valence-electron chi connectivity index (χ3n) is 5.99. The molecule has 2 N–H and O–H groups in total. The second-order valence-electron chi connectivity index (χ2n) is 8.39. The molecule has 0 unspecified atom stereocenters. The van der Waals surface area contributed by atoms with Crippen LogP contribution in [0.4, 0.5) is 14.5 Å². The fourth-order valence-electron chi connectivity index (χ4n) is 4.14. The fourth-order valence-corrected chi connectivity index (χ4v) is 4.14. The van der Waals surface area contributed by atoms with Crippen LogP contribution in [0.25, 0.3) is 27.8 Å². The quantitative estimate of drug-likeness (QED) is 0.332. The Morgan fingerprint density at radius 1 is 0.914 bits per heavy atom. The number of nitrogens with zero attached hydrogens (tertiary/aromatic N) is 1. The van der Waals surface area contributed by atoms with Crippen LogP contribution in [-0.2, 0) is 0 Å². The number of hydrogen-bond acceptors (Lipinski definition) is 2. The van der Waals surface area contributed by atoms with Gasteiger partial charge < -0.3 is 10.3 Å². The topological polar surface area (TPSA) is 66.9 Å². The molecule has 5 nitrogen and oxygen atoms in total. The third kappa shape index (κ3) is 4.01. The normalized spacial score (nSPS) is 11.1. The number of amides is 1. The van der Waals surface area contributed by atoms with Gasteiger partial charge in [-0.2, -0.15) is 0 Å². The summed E-state index contributed by atoms with van der Waals surface area (Å²) in [5.74, 6) is -2.40. The molecule has 0 saturated carbocycles. The minimum absolute atomic E-state index is 0.180. The minimum atomic E-state index is -1.11. The van der Waals surface area contributed by atoms with E-state index in [1.807, 2.05) is 50.2 Å². The van der Waals surface area contributed by atoms with Gasteiger partial charge in [0.05, 0.1) is 16.7 Å². The zero-order chi connectivity index (χ0) is 24.7. The fraction of sp³-hybridized carbons (Fsp3) is 0.0714. The van der Waals surface area contributed by atoms with Gasteiger partial charge in [0.25, 0.3) is 5.91 Å². The molecule has 7 heteroatoms. The monoisotopic (exact) mass is 469 g/mol.